The van der Waals surface area contributed by atoms with Gasteiger partial charge in [-0.05, 0) is 69.5 Å². The highest BCUT2D eigenvalue weighted by molar-refractivity contribution is 7.89. The van der Waals surface area contributed by atoms with Gasteiger partial charge in [0.25, 0.3) is 0 Å². The Labute approximate surface area is 196 Å². The molecule has 33 heavy (non-hydrogen) atoms. The molecule has 1 aromatic carbocycles. The monoisotopic (exact) mass is 480 g/mol. The summed E-state index contributed by atoms with van der Waals surface area (Å²) in [4.78, 5) is 23.7. The summed E-state index contributed by atoms with van der Waals surface area (Å²) in [5.74, 6) is -0.316. The highest BCUT2D eigenvalue weighted by Gasteiger charge is 2.30. The van der Waals surface area contributed by atoms with Crippen molar-refractivity contribution in [1.82, 2.24) is 14.9 Å². The molecule has 2 atom stereocenters. The van der Waals surface area contributed by atoms with Gasteiger partial charge >= 0.3 is 0 Å². The second kappa shape index (κ2) is 11.8. The zero-order valence-electron chi connectivity index (χ0n) is 19.3. The zero-order chi connectivity index (χ0) is 23.8. The molecular weight excluding hydrogens is 444 g/mol. The number of hydrogen-bond donors (Lipinski definition) is 3. The zero-order valence-corrected chi connectivity index (χ0v) is 20.1. The molecule has 0 radical (unpaired) electrons. The third-order valence-corrected chi connectivity index (χ3v) is 8.22. The van der Waals surface area contributed by atoms with Gasteiger partial charge < -0.3 is 21.1 Å². The van der Waals surface area contributed by atoms with Crippen LogP contribution < -0.4 is 21.1 Å². The molecule has 2 fully saturated rings. The maximum Gasteiger partial charge on any atom is 0.243 e. The summed E-state index contributed by atoms with van der Waals surface area (Å²) >= 11 is 0. The van der Waals surface area contributed by atoms with E-state index < -0.39 is 15.9 Å². The molecule has 0 bridgehead atoms. The van der Waals surface area contributed by atoms with Crippen molar-refractivity contribution in [2.24, 2.45) is 11.7 Å². The van der Waals surface area contributed by atoms with Gasteiger partial charge in [-0.2, -0.15) is 4.31 Å². The number of piperidine rings is 1. The largest absolute Gasteiger partial charge is 0.490 e. The van der Waals surface area contributed by atoms with Crippen LogP contribution in [0.4, 0.5) is 0 Å². The number of amides is 2. The molecular formula is C23H36N4O5S. The van der Waals surface area contributed by atoms with Crippen molar-refractivity contribution in [1.29, 1.82) is 0 Å². The van der Waals surface area contributed by atoms with Crippen LogP contribution in [0, 0.1) is 5.92 Å². The highest BCUT2D eigenvalue weighted by Crippen LogP contribution is 2.24. The summed E-state index contributed by atoms with van der Waals surface area (Å²) in [5, 5.41) is 6.23. The second-order valence-corrected chi connectivity index (χ2v) is 10.9. The number of nitrogens with two attached hydrogens (primary N) is 1. The fourth-order valence-corrected chi connectivity index (χ4v) is 5.70. The average molecular weight is 481 g/mol. The number of nitrogens with one attached hydrogen (secondary N) is 2. The number of sulfonamides is 1. The van der Waals surface area contributed by atoms with Gasteiger partial charge in [-0.25, -0.2) is 8.42 Å². The Morgan fingerprint density at radius 3 is 2.55 bits per heavy atom. The second-order valence-electron chi connectivity index (χ2n) is 9.00. The van der Waals surface area contributed by atoms with Gasteiger partial charge in [0.2, 0.25) is 21.8 Å². The molecule has 9 nitrogen and oxygen atoms in total. The number of ether oxygens (including phenoxy) is 1. The molecule has 0 saturated carbocycles. The molecule has 0 spiro atoms. The molecule has 4 N–H and O–H groups in total. The minimum Gasteiger partial charge on any atom is -0.490 e. The van der Waals surface area contributed by atoms with E-state index in [0.717, 1.165) is 38.8 Å². The van der Waals surface area contributed by atoms with E-state index in [1.54, 1.807) is 31.2 Å². The van der Waals surface area contributed by atoms with E-state index in [9.17, 15) is 18.0 Å². The number of hydrogen-bond acceptors (Lipinski definition) is 6. The van der Waals surface area contributed by atoms with Gasteiger partial charge in [0, 0.05) is 31.5 Å². The maximum absolute atomic E-state index is 13.3. The van der Waals surface area contributed by atoms with E-state index in [4.69, 9.17) is 10.5 Å². The van der Waals surface area contributed by atoms with Gasteiger partial charge in [0.15, 0.2) is 0 Å². The van der Waals surface area contributed by atoms with Gasteiger partial charge in [-0.3, -0.25) is 9.59 Å². The van der Waals surface area contributed by atoms with E-state index in [0.29, 0.717) is 25.1 Å². The molecule has 10 heteroatoms. The summed E-state index contributed by atoms with van der Waals surface area (Å²) in [7, 11) is -3.69. The first-order valence-electron chi connectivity index (χ1n) is 11.8. The number of rotatable bonds is 9. The van der Waals surface area contributed by atoms with Crippen LogP contribution in [0.25, 0.3) is 0 Å². The fourth-order valence-electron chi connectivity index (χ4n) is 4.18. The molecule has 0 aliphatic carbocycles. The van der Waals surface area contributed by atoms with Crippen LogP contribution in [-0.4, -0.2) is 62.9 Å². The van der Waals surface area contributed by atoms with Crippen molar-refractivity contribution in [3.05, 3.63) is 24.3 Å². The number of carbonyl (C=O) groups excluding carboxylic acids is 2. The predicted molar refractivity (Wildman–Crippen MR) is 125 cm³/mol. The van der Waals surface area contributed by atoms with Gasteiger partial charge in [-0.15, -0.1) is 0 Å². The Morgan fingerprint density at radius 1 is 1.18 bits per heavy atom. The Balaban J connectivity index is 1.59. The summed E-state index contributed by atoms with van der Waals surface area (Å²) < 4.78 is 34.0. The topological polar surface area (TPSA) is 131 Å². The Hall–Kier alpha value is -2.17. The Kier molecular flexibility index (Phi) is 9.10. The number of benzene rings is 1. The number of primary amides is 1. The van der Waals surface area contributed by atoms with Gasteiger partial charge in [0.05, 0.1) is 4.90 Å². The molecule has 2 aliphatic heterocycles. The van der Waals surface area contributed by atoms with Crippen LogP contribution >= 0.6 is 0 Å². The molecule has 184 valence electrons. The van der Waals surface area contributed by atoms with Crippen LogP contribution in [-0.2, 0) is 19.6 Å². The minimum atomic E-state index is -3.69. The molecule has 2 aliphatic rings. The molecule has 0 aromatic heterocycles. The molecule has 3 rings (SSSR count). The van der Waals surface area contributed by atoms with E-state index in [1.807, 2.05) is 0 Å². The van der Waals surface area contributed by atoms with E-state index in [-0.39, 0.29) is 41.8 Å². The predicted octanol–water partition coefficient (Wildman–Crippen LogP) is 1.38. The summed E-state index contributed by atoms with van der Waals surface area (Å²) in [5.41, 5.74) is 5.25. The molecule has 2 heterocycles. The average Bonchev–Trinajstić information content (AvgIpc) is 3.04. The van der Waals surface area contributed by atoms with Crippen molar-refractivity contribution in [2.75, 3.05) is 26.2 Å². The smallest absolute Gasteiger partial charge is 0.243 e. The van der Waals surface area contributed by atoms with Crippen LogP contribution in [0.1, 0.15) is 51.9 Å². The van der Waals surface area contributed by atoms with Crippen molar-refractivity contribution in [3.8, 4) is 5.75 Å². The van der Waals surface area contributed by atoms with E-state index in [1.165, 1.54) is 4.31 Å². The molecule has 1 aromatic rings. The quantitative estimate of drug-likeness (QED) is 0.489. The lowest BCUT2D eigenvalue weighted by molar-refractivity contribution is -0.123. The fraction of sp³-hybridized carbons (Fsp3) is 0.652. The minimum absolute atomic E-state index is 0.148. The lowest BCUT2D eigenvalue weighted by atomic mass is 10.0. The Morgan fingerprint density at radius 2 is 1.88 bits per heavy atom. The molecule has 2 saturated heterocycles. The normalized spacial score (nSPS) is 21.7. The summed E-state index contributed by atoms with van der Waals surface area (Å²) in [6.07, 6.45) is 4.86. The summed E-state index contributed by atoms with van der Waals surface area (Å²) in [6, 6.07) is 6.35. The lowest BCUT2D eigenvalue weighted by Gasteiger charge is -2.25. The first kappa shape index (κ1) is 25.5. The SMILES string of the molecule is CC(CCC(=O)N[C@H]1CCCCN(S(=O)(=O)c2ccc(OC3CCNCC3)cc2)C1)C(N)=O. The third-order valence-electron chi connectivity index (χ3n) is 6.34. The van der Waals surface area contributed by atoms with Crippen LogP contribution in [0.15, 0.2) is 29.2 Å². The third kappa shape index (κ3) is 7.41. The number of carbonyl (C=O) groups is 2. The van der Waals surface area contributed by atoms with Crippen molar-refractivity contribution in [3.63, 3.8) is 0 Å². The lowest BCUT2D eigenvalue weighted by Crippen LogP contribution is -2.44. The first-order valence-corrected chi connectivity index (χ1v) is 13.3. The highest BCUT2D eigenvalue weighted by atomic mass is 32.2. The number of nitrogens with zero attached hydrogens (tertiary/aromatic N) is 1. The van der Waals surface area contributed by atoms with Crippen LogP contribution in [0.3, 0.4) is 0 Å². The Bertz CT molecular complexity index is 900. The van der Waals surface area contributed by atoms with Crippen molar-refractivity contribution < 1.29 is 22.7 Å². The van der Waals surface area contributed by atoms with Crippen LogP contribution in [0.5, 0.6) is 5.75 Å². The molecule has 2 amide bonds. The molecule has 1 unspecified atom stereocenters. The first-order chi connectivity index (χ1) is 15.8. The van der Waals surface area contributed by atoms with Gasteiger partial charge in [0.1, 0.15) is 11.9 Å². The van der Waals surface area contributed by atoms with Crippen molar-refractivity contribution in [2.45, 2.75) is 68.9 Å². The van der Waals surface area contributed by atoms with E-state index >= 15 is 0 Å². The van der Waals surface area contributed by atoms with E-state index in [2.05, 4.69) is 10.6 Å². The van der Waals surface area contributed by atoms with Gasteiger partial charge in [-0.1, -0.05) is 13.3 Å². The maximum atomic E-state index is 13.3. The standard InChI is InChI=1S/C23H36N4O5S/c1-17(23(24)29)5-10-22(28)26-18-4-2-3-15-27(16-18)33(30,31)21-8-6-19(7-9-21)32-20-11-13-25-14-12-20/h6-9,17-18,20,25H,2-5,10-16H2,1H3,(H2,24,29)(H,26,28)/t17?,18-/m0/s1. The van der Waals surface area contributed by atoms with Crippen molar-refractivity contribution >= 4 is 21.8 Å². The summed E-state index contributed by atoms with van der Waals surface area (Å²) in [6.45, 7) is 4.19. The van der Waals surface area contributed by atoms with Crippen LogP contribution in [0.2, 0.25) is 0 Å².